The van der Waals surface area contributed by atoms with E-state index in [1.807, 2.05) is 73.8 Å². The highest BCUT2D eigenvalue weighted by Crippen LogP contribution is 2.34. The highest BCUT2D eigenvalue weighted by Gasteiger charge is 2.19. The van der Waals surface area contributed by atoms with Crippen LogP contribution in [0.3, 0.4) is 0 Å². The van der Waals surface area contributed by atoms with Crippen LogP contribution in [-0.2, 0) is 18.0 Å². The first-order valence-electron chi connectivity index (χ1n) is 10.6. The molecule has 0 aliphatic carbocycles. The Labute approximate surface area is 186 Å². The van der Waals surface area contributed by atoms with Crippen LogP contribution in [-0.4, -0.2) is 15.1 Å². The molecule has 5 rings (SSSR count). The molecule has 0 spiro atoms. The third-order valence-electron chi connectivity index (χ3n) is 5.40. The Hall–Kier alpha value is -3.96. The molecule has 0 fully saturated rings. The lowest BCUT2D eigenvalue weighted by atomic mass is 10.0. The zero-order chi connectivity index (χ0) is 21.8. The van der Waals surface area contributed by atoms with Crippen molar-refractivity contribution in [2.75, 3.05) is 0 Å². The van der Waals surface area contributed by atoms with E-state index in [9.17, 15) is 0 Å². The van der Waals surface area contributed by atoms with Gasteiger partial charge in [-0.3, -0.25) is 0 Å². The minimum atomic E-state index is 0.503. The standard InChI is InChI=1S/C27H23N3O2/c1-19-25(26(30-32-19)21-12-6-3-7-13-21)24-16-28-27(29-24)23-15-9-8-14-22(23)18-31-17-20-10-4-2-5-11-20/h2-16H,17-18H2,1H3,(H,28,29). The van der Waals surface area contributed by atoms with Crippen LogP contribution in [0.15, 0.2) is 95.6 Å². The van der Waals surface area contributed by atoms with Crippen molar-refractivity contribution < 1.29 is 9.26 Å². The molecule has 0 bridgehead atoms. The van der Waals surface area contributed by atoms with Gasteiger partial charge in [-0.1, -0.05) is 90.1 Å². The highest BCUT2D eigenvalue weighted by molar-refractivity contribution is 5.81. The molecule has 0 aliphatic heterocycles. The quantitative estimate of drug-likeness (QED) is 0.329. The van der Waals surface area contributed by atoms with Crippen LogP contribution in [0.1, 0.15) is 16.9 Å². The molecule has 1 N–H and O–H groups in total. The fourth-order valence-electron chi connectivity index (χ4n) is 3.80. The monoisotopic (exact) mass is 421 g/mol. The van der Waals surface area contributed by atoms with Crippen molar-refractivity contribution in [1.29, 1.82) is 0 Å². The van der Waals surface area contributed by atoms with E-state index >= 15 is 0 Å². The molecular weight excluding hydrogens is 398 g/mol. The van der Waals surface area contributed by atoms with Crippen molar-refractivity contribution in [2.45, 2.75) is 20.1 Å². The molecule has 32 heavy (non-hydrogen) atoms. The highest BCUT2D eigenvalue weighted by atomic mass is 16.5. The van der Waals surface area contributed by atoms with Gasteiger partial charge in [0, 0.05) is 11.1 Å². The Morgan fingerprint density at radius 1 is 0.844 bits per heavy atom. The van der Waals surface area contributed by atoms with E-state index in [0.29, 0.717) is 13.2 Å². The molecule has 0 aliphatic rings. The molecule has 158 valence electrons. The maximum absolute atomic E-state index is 5.98. The average molecular weight is 422 g/mol. The van der Waals surface area contributed by atoms with Gasteiger partial charge in [0.15, 0.2) is 0 Å². The van der Waals surface area contributed by atoms with Gasteiger partial charge in [-0.2, -0.15) is 0 Å². The molecule has 0 radical (unpaired) electrons. The minimum absolute atomic E-state index is 0.503. The van der Waals surface area contributed by atoms with E-state index < -0.39 is 0 Å². The van der Waals surface area contributed by atoms with Gasteiger partial charge >= 0.3 is 0 Å². The predicted molar refractivity (Wildman–Crippen MR) is 125 cm³/mol. The number of H-pyrrole nitrogens is 1. The minimum Gasteiger partial charge on any atom is -0.372 e. The van der Waals surface area contributed by atoms with Crippen LogP contribution < -0.4 is 0 Å². The Morgan fingerprint density at radius 3 is 2.38 bits per heavy atom. The number of aromatic amines is 1. The third kappa shape index (κ3) is 4.11. The number of nitrogens with one attached hydrogen (secondary N) is 1. The van der Waals surface area contributed by atoms with E-state index in [-0.39, 0.29) is 0 Å². The molecule has 5 aromatic rings. The van der Waals surface area contributed by atoms with Crippen molar-refractivity contribution in [3.05, 3.63) is 108 Å². The summed E-state index contributed by atoms with van der Waals surface area (Å²) in [7, 11) is 0. The zero-order valence-corrected chi connectivity index (χ0v) is 17.8. The molecular formula is C27H23N3O2. The Bertz CT molecular complexity index is 1310. The zero-order valence-electron chi connectivity index (χ0n) is 17.8. The summed E-state index contributed by atoms with van der Waals surface area (Å²) in [4.78, 5) is 8.13. The number of ether oxygens (including phenoxy) is 1. The number of aryl methyl sites for hydroxylation is 1. The van der Waals surface area contributed by atoms with Crippen molar-refractivity contribution >= 4 is 0 Å². The first kappa shape index (κ1) is 20.0. The fourth-order valence-corrected chi connectivity index (χ4v) is 3.80. The molecule has 3 aromatic carbocycles. The molecule has 0 amide bonds. The van der Waals surface area contributed by atoms with Gasteiger partial charge in [-0.05, 0) is 18.1 Å². The van der Waals surface area contributed by atoms with Crippen LogP contribution >= 0.6 is 0 Å². The SMILES string of the molecule is Cc1onc(-c2ccccc2)c1-c1cnc(-c2ccccc2COCc2ccccc2)[nH]1. The number of aromatic nitrogens is 3. The van der Waals surface area contributed by atoms with Crippen molar-refractivity contribution in [2.24, 2.45) is 0 Å². The number of hydrogen-bond acceptors (Lipinski definition) is 4. The number of hydrogen-bond donors (Lipinski definition) is 1. The third-order valence-corrected chi connectivity index (χ3v) is 5.40. The van der Waals surface area contributed by atoms with Crippen LogP contribution in [0, 0.1) is 6.92 Å². The summed E-state index contributed by atoms with van der Waals surface area (Å²) >= 11 is 0. The summed E-state index contributed by atoms with van der Waals surface area (Å²) in [6, 6.07) is 28.4. The second kappa shape index (κ2) is 9.04. The predicted octanol–water partition coefficient (Wildman–Crippen LogP) is 6.42. The number of nitrogens with zero attached hydrogens (tertiary/aromatic N) is 2. The summed E-state index contributed by atoms with van der Waals surface area (Å²) in [5.41, 5.74) is 6.85. The van der Waals surface area contributed by atoms with Gasteiger partial charge in [-0.25, -0.2) is 4.98 Å². The summed E-state index contributed by atoms with van der Waals surface area (Å²) in [5.74, 6) is 1.54. The lowest BCUT2D eigenvalue weighted by molar-refractivity contribution is 0.107. The average Bonchev–Trinajstić information content (AvgIpc) is 3.47. The molecule has 2 heterocycles. The summed E-state index contributed by atoms with van der Waals surface area (Å²) in [6.07, 6.45) is 1.84. The van der Waals surface area contributed by atoms with E-state index in [1.165, 1.54) is 0 Å². The maximum atomic E-state index is 5.98. The molecule has 0 atom stereocenters. The Kier molecular flexibility index (Phi) is 5.64. The lowest BCUT2D eigenvalue weighted by Crippen LogP contribution is -1.97. The van der Waals surface area contributed by atoms with Gasteiger partial charge < -0.3 is 14.2 Å². The van der Waals surface area contributed by atoms with Crippen molar-refractivity contribution in [3.63, 3.8) is 0 Å². The summed E-state index contributed by atoms with van der Waals surface area (Å²) in [6.45, 7) is 2.99. The second-order valence-corrected chi connectivity index (χ2v) is 7.61. The first-order valence-corrected chi connectivity index (χ1v) is 10.6. The van der Waals surface area contributed by atoms with E-state index in [0.717, 1.165) is 50.8 Å². The molecule has 5 heteroatoms. The first-order chi connectivity index (χ1) is 15.8. The van der Waals surface area contributed by atoms with Gasteiger partial charge in [0.05, 0.1) is 30.7 Å². The molecule has 5 nitrogen and oxygen atoms in total. The molecule has 0 unspecified atom stereocenters. The second-order valence-electron chi connectivity index (χ2n) is 7.61. The Balaban J connectivity index is 1.41. The van der Waals surface area contributed by atoms with Crippen molar-refractivity contribution in [1.82, 2.24) is 15.1 Å². The number of rotatable bonds is 7. The topological polar surface area (TPSA) is 63.9 Å². The maximum Gasteiger partial charge on any atom is 0.143 e. The number of benzene rings is 3. The van der Waals surface area contributed by atoms with E-state index in [1.54, 1.807) is 0 Å². The van der Waals surface area contributed by atoms with Gasteiger partial charge in [0.1, 0.15) is 17.3 Å². The fraction of sp³-hybridized carbons (Fsp3) is 0.111. The largest absolute Gasteiger partial charge is 0.372 e. The molecule has 2 aromatic heterocycles. The van der Waals surface area contributed by atoms with Crippen LogP contribution in [0.5, 0.6) is 0 Å². The van der Waals surface area contributed by atoms with Gasteiger partial charge in [-0.15, -0.1) is 0 Å². The molecule has 0 saturated carbocycles. The normalized spacial score (nSPS) is 11.0. The summed E-state index contributed by atoms with van der Waals surface area (Å²) < 4.78 is 11.5. The molecule has 0 saturated heterocycles. The lowest BCUT2D eigenvalue weighted by Gasteiger charge is -2.09. The summed E-state index contributed by atoms with van der Waals surface area (Å²) in [5, 5.41) is 4.29. The number of imidazole rings is 1. The van der Waals surface area contributed by atoms with Crippen molar-refractivity contribution in [3.8, 4) is 33.9 Å². The van der Waals surface area contributed by atoms with Gasteiger partial charge in [0.2, 0.25) is 0 Å². The van der Waals surface area contributed by atoms with E-state index in [2.05, 4.69) is 39.4 Å². The van der Waals surface area contributed by atoms with E-state index in [4.69, 9.17) is 9.26 Å². The Morgan fingerprint density at radius 2 is 1.56 bits per heavy atom. The van der Waals surface area contributed by atoms with Crippen LogP contribution in [0.4, 0.5) is 0 Å². The van der Waals surface area contributed by atoms with Crippen LogP contribution in [0.25, 0.3) is 33.9 Å². The van der Waals surface area contributed by atoms with Crippen LogP contribution in [0.2, 0.25) is 0 Å². The smallest absolute Gasteiger partial charge is 0.143 e. The van der Waals surface area contributed by atoms with Gasteiger partial charge in [0.25, 0.3) is 0 Å².